The lowest BCUT2D eigenvalue weighted by atomic mass is 10.1. The van der Waals surface area contributed by atoms with Crippen LogP contribution in [0.1, 0.15) is 31.9 Å². The molecular weight excluding hydrogens is 338 g/mol. The number of benzene rings is 1. The molecule has 0 bridgehead atoms. The SMILES string of the molecule is CCCOc1ccc(C(N)COCC(=O)OCC)cc1Br. The summed E-state index contributed by atoms with van der Waals surface area (Å²) in [5, 5.41) is 0. The molecule has 1 atom stereocenters. The summed E-state index contributed by atoms with van der Waals surface area (Å²) in [6.07, 6.45) is 0.954. The highest BCUT2D eigenvalue weighted by molar-refractivity contribution is 9.10. The van der Waals surface area contributed by atoms with Crippen molar-refractivity contribution in [1.82, 2.24) is 0 Å². The molecule has 1 rings (SSSR count). The number of esters is 1. The Balaban J connectivity index is 2.48. The van der Waals surface area contributed by atoms with Crippen molar-refractivity contribution in [2.24, 2.45) is 5.73 Å². The van der Waals surface area contributed by atoms with E-state index < -0.39 is 0 Å². The van der Waals surface area contributed by atoms with E-state index in [0.717, 1.165) is 22.2 Å². The highest BCUT2D eigenvalue weighted by Crippen LogP contribution is 2.28. The lowest BCUT2D eigenvalue weighted by Crippen LogP contribution is -2.21. The number of halogens is 1. The summed E-state index contributed by atoms with van der Waals surface area (Å²) >= 11 is 3.46. The molecule has 1 aromatic carbocycles. The molecule has 118 valence electrons. The first kappa shape index (κ1) is 17.9. The summed E-state index contributed by atoms with van der Waals surface area (Å²) in [5.41, 5.74) is 6.95. The van der Waals surface area contributed by atoms with Gasteiger partial charge in [-0.15, -0.1) is 0 Å². The first-order valence-corrected chi connectivity index (χ1v) is 7.79. The van der Waals surface area contributed by atoms with Gasteiger partial charge in [-0.3, -0.25) is 0 Å². The molecule has 1 aromatic rings. The third-order valence-electron chi connectivity index (χ3n) is 2.67. The van der Waals surface area contributed by atoms with E-state index in [9.17, 15) is 4.79 Å². The van der Waals surface area contributed by atoms with Gasteiger partial charge in [0, 0.05) is 0 Å². The lowest BCUT2D eigenvalue weighted by molar-refractivity contribution is -0.148. The molecular formula is C15H22BrNO4. The summed E-state index contributed by atoms with van der Waals surface area (Å²) in [5.74, 6) is 0.412. The van der Waals surface area contributed by atoms with Crippen LogP contribution in [0.2, 0.25) is 0 Å². The third kappa shape index (κ3) is 6.46. The van der Waals surface area contributed by atoms with Crippen molar-refractivity contribution in [3.05, 3.63) is 28.2 Å². The van der Waals surface area contributed by atoms with Crippen molar-refractivity contribution in [3.8, 4) is 5.75 Å². The van der Waals surface area contributed by atoms with Crippen molar-refractivity contribution in [3.63, 3.8) is 0 Å². The fourth-order valence-electron chi connectivity index (χ4n) is 1.64. The second kappa shape index (κ2) is 9.76. The fourth-order valence-corrected chi connectivity index (χ4v) is 2.16. The van der Waals surface area contributed by atoms with Crippen LogP contribution in [0.15, 0.2) is 22.7 Å². The van der Waals surface area contributed by atoms with Gasteiger partial charge >= 0.3 is 5.97 Å². The van der Waals surface area contributed by atoms with Crippen molar-refractivity contribution < 1.29 is 19.0 Å². The molecule has 0 radical (unpaired) electrons. The van der Waals surface area contributed by atoms with Gasteiger partial charge in [-0.2, -0.15) is 0 Å². The predicted octanol–water partition coefficient (Wildman–Crippen LogP) is 2.82. The van der Waals surface area contributed by atoms with Gasteiger partial charge in [0.1, 0.15) is 12.4 Å². The van der Waals surface area contributed by atoms with E-state index in [4.69, 9.17) is 19.9 Å². The Bertz CT molecular complexity index is 453. The molecule has 1 unspecified atom stereocenters. The molecule has 5 nitrogen and oxygen atoms in total. The Morgan fingerprint density at radius 1 is 1.38 bits per heavy atom. The van der Waals surface area contributed by atoms with Crippen LogP contribution in [-0.4, -0.2) is 32.4 Å². The summed E-state index contributed by atoms with van der Waals surface area (Å²) in [7, 11) is 0. The van der Waals surface area contributed by atoms with Gasteiger partial charge in [0.25, 0.3) is 0 Å². The molecule has 0 amide bonds. The maximum absolute atomic E-state index is 11.1. The molecule has 0 aliphatic rings. The molecule has 0 aliphatic carbocycles. The van der Waals surface area contributed by atoms with Gasteiger partial charge < -0.3 is 19.9 Å². The molecule has 0 fully saturated rings. The lowest BCUT2D eigenvalue weighted by Gasteiger charge is -2.14. The minimum atomic E-state index is -0.380. The molecule has 0 spiro atoms. The van der Waals surface area contributed by atoms with Gasteiger partial charge in [-0.25, -0.2) is 4.79 Å². The van der Waals surface area contributed by atoms with E-state index in [1.165, 1.54) is 0 Å². The average molecular weight is 360 g/mol. The van der Waals surface area contributed by atoms with Gasteiger partial charge in [0.05, 0.1) is 30.3 Å². The van der Waals surface area contributed by atoms with Crippen molar-refractivity contribution in [2.75, 3.05) is 26.4 Å². The number of ether oxygens (including phenoxy) is 3. The van der Waals surface area contributed by atoms with Crippen LogP contribution >= 0.6 is 15.9 Å². The van der Waals surface area contributed by atoms with E-state index >= 15 is 0 Å². The van der Waals surface area contributed by atoms with Crippen molar-refractivity contribution in [2.45, 2.75) is 26.3 Å². The summed E-state index contributed by atoms with van der Waals surface area (Å²) in [6.45, 7) is 5.00. The zero-order valence-corrected chi connectivity index (χ0v) is 14.0. The minimum Gasteiger partial charge on any atom is -0.492 e. The van der Waals surface area contributed by atoms with Crippen molar-refractivity contribution in [1.29, 1.82) is 0 Å². The Morgan fingerprint density at radius 3 is 2.76 bits per heavy atom. The summed E-state index contributed by atoms with van der Waals surface area (Å²) < 4.78 is 16.5. The number of hydrogen-bond donors (Lipinski definition) is 1. The van der Waals surface area contributed by atoms with Gasteiger partial charge in [-0.05, 0) is 47.0 Å². The molecule has 0 heterocycles. The first-order valence-electron chi connectivity index (χ1n) is 6.99. The maximum Gasteiger partial charge on any atom is 0.332 e. The molecule has 0 aliphatic heterocycles. The Morgan fingerprint density at radius 2 is 2.14 bits per heavy atom. The smallest absolute Gasteiger partial charge is 0.332 e. The van der Waals surface area contributed by atoms with E-state index in [2.05, 4.69) is 22.9 Å². The quantitative estimate of drug-likeness (QED) is 0.686. The van der Waals surface area contributed by atoms with Gasteiger partial charge in [0.2, 0.25) is 0 Å². The summed E-state index contributed by atoms with van der Waals surface area (Å²) in [4.78, 5) is 11.1. The zero-order chi connectivity index (χ0) is 15.7. The van der Waals surface area contributed by atoms with Crippen LogP contribution in [0, 0.1) is 0 Å². The Hall–Kier alpha value is -1.11. The van der Waals surface area contributed by atoms with Crippen LogP contribution in [0.5, 0.6) is 5.75 Å². The van der Waals surface area contributed by atoms with E-state index in [-0.39, 0.29) is 25.2 Å². The fraction of sp³-hybridized carbons (Fsp3) is 0.533. The average Bonchev–Trinajstić information content (AvgIpc) is 2.46. The zero-order valence-electron chi connectivity index (χ0n) is 12.4. The van der Waals surface area contributed by atoms with E-state index in [0.29, 0.717) is 13.2 Å². The van der Waals surface area contributed by atoms with Crippen LogP contribution < -0.4 is 10.5 Å². The monoisotopic (exact) mass is 359 g/mol. The third-order valence-corrected chi connectivity index (χ3v) is 3.29. The topological polar surface area (TPSA) is 70.8 Å². The second-order valence-corrected chi connectivity index (χ2v) is 5.32. The Labute approximate surface area is 133 Å². The summed E-state index contributed by atoms with van der Waals surface area (Å²) in [6, 6.07) is 5.37. The molecule has 0 saturated carbocycles. The molecule has 6 heteroatoms. The largest absolute Gasteiger partial charge is 0.492 e. The van der Waals surface area contributed by atoms with Gasteiger partial charge in [-0.1, -0.05) is 13.0 Å². The number of carbonyl (C=O) groups is 1. The molecule has 0 saturated heterocycles. The standard InChI is InChI=1S/C15H22BrNO4/c1-3-7-21-14-6-5-11(8-12(14)16)13(17)9-19-10-15(18)20-4-2/h5-6,8,13H,3-4,7,9-10,17H2,1-2H3. The predicted molar refractivity (Wildman–Crippen MR) is 84.3 cm³/mol. The highest BCUT2D eigenvalue weighted by atomic mass is 79.9. The molecule has 0 aromatic heterocycles. The normalized spacial score (nSPS) is 12.0. The van der Waals surface area contributed by atoms with E-state index in [1.54, 1.807) is 6.92 Å². The number of hydrogen-bond acceptors (Lipinski definition) is 5. The van der Waals surface area contributed by atoms with Crippen LogP contribution in [-0.2, 0) is 14.3 Å². The van der Waals surface area contributed by atoms with Crippen LogP contribution in [0.4, 0.5) is 0 Å². The van der Waals surface area contributed by atoms with Crippen LogP contribution in [0.25, 0.3) is 0 Å². The number of rotatable bonds is 9. The number of carbonyl (C=O) groups excluding carboxylic acids is 1. The minimum absolute atomic E-state index is 0.0829. The Kier molecular flexibility index (Phi) is 8.34. The second-order valence-electron chi connectivity index (χ2n) is 4.46. The first-order chi connectivity index (χ1) is 10.1. The van der Waals surface area contributed by atoms with Crippen molar-refractivity contribution >= 4 is 21.9 Å². The maximum atomic E-state index is 11.1. The van der Waals surface area contributed by atoms with Crippen LogP contribution in [0.3, 0.4) is 0 Å². The van der Waals surface area contributed by atoms with E-state index in [1.807, 2.05) is 18.2 Å². The number of nitrogens with two attached hydrogens (primary N) is 1. The molecule has 21 heavy (non-hydrogen) atoms. The highest BCUT2D eigenvalue weighted by Gasteiger charge is 2.11. The molecule has 2 N–H and O–H groups in total. The van der Waals surface area contributed by atoms with Gasteiger partial charge in [0.15, 0.2) is 0 Å².